The summed E-state index contributed by atoms with van der Waals surface area (Å²) in [5.41, 5.74) is -0.0465. The summed E-state index contributed by atoms with van der Waals surface area (Å²) < 4.78 is 10.8. The van der Waals surface area contributed by atoms with E-state index in [9.17, 15) is 5.11 Å². The second-order valence-corrected chi connectivity index (χ2v) is 3.73. The molecule has 0 saturated carbocycles. The van der Waals surface area contributed by atoms with E-state index in [0.29, 0.717) is 0 Å². The molecule has 0 aromatic carbocycles. The van der Waals surface area contributed by atoms with E-state index in [1.807, 2.05) is 13.8 Å². The molecule has 3 nitrogen and oxygen atoms in total. The van der Waals surface area contributed by atoms with Gasteiger partial charge in [-0.1, -0.05) is 0 Å². The molecule has 2 unspecified atom stereocenters. The Morgan fingerprint density at radius 3 is 2.85 bits per heavy atom. The normalized spacial score (nSPS) is 33.9. The molecule has 0 aromatic rings. The van der Waals surface area contributed by atoms with Crippen LogP contribution in [0.1, 0.15) is 26.7 Å². The van der Waals surface area contributed by atoms with Gasteiger partial charge in [-0.2, -0.15) is 0 Å². The van der Waals surface area contributed by atoms with Gasteiger partial charge in [0.1, 0.15) is 0 Å². The predicted octanol–water partition coefficient (Wildman–Crippen LogP) is 1.20. The fourth-order valence-electron chi connectivity index (χ4n) is 1.85. The lowest BCUT2D eigenvalue weighted by atomic mass is 9.80. The average Bonchev–Trinajstić information content (AvgIpc) is 2.49. The van der Waals surface area contributed by atoms with Crippen LogP contribution >= 0.6 is 0 Å². The van der Waals surface area contributed by atoms with Crippen molar-refractivity contribution in [2.24, 2.45) is 5.41 Å². The molecule has 1 saturated heterocycles. The summed E-state index contributed by atoms with van der Waals surface area (Å²) in [6, 6.07) is 0. The van der Waals surface area contributed by atoms with Gasteiger partial charge in [0.25, 0.3) is 0 Å². The highest BCUT2D eigenvalue weighted by Gasteiger charge is 2.40. The summed E-state index contributed by atoms with van der Waals surface area (Å²) in [4.78, 5) is 0. The third-order valence-corrected chi connectivity index (χ3v) is 3.09. The van der Waals surface area contributed by atoms with Gasteiger partial charge in [0.15, 0.2) is 0 Å². The van der Waals surface area contributed by atoms with Crippen LogP contribution in [0.3, 0.4) is 0 Å². The molecule has 0 spiro atoms. The summed E-state index contributed by atoms with van der Waals surface area (Å²) in [6.45, 7) is 6.48. The molecule has 0 amide bonds. The van der Waals surface area contributed by atoms with Crippen LogP contribution in [0.15, 0.2) is 0 Å². The minimum atomic E-state index is -0.0465. The second kappa shape index (κ2) is 4.94. The molecule has 0 bridgehead atoms. The number of rotatable bonds is 5. The van der Waals surface area contributed by atoms with Gasteiger partial charge in [-0.15, -0.1) is 0 Å². The van der Waals surface area contributed by atoms with Crippen LogP contribution in [0.5, 0.6) is 0 Å². The van der Waals surface area contributed by atoms with Crippen molar-refractivity contribution in [1.82, 2.24) is 0 Å². The summed E-state index contributed by atoms with van der Waals surface area (Å²) in [6.07, 6.45) is 2.02. The minimum Gasteiger partial charge on any atom is -0.396 e. The molecule has 3 heteroatoms. The first-order chi connectivity index (χ1) is 6.25. The molecule has 1 N–H and O–H groups in total. The van der Waals surface area contributed by atoms with Gasteiger partial charge in [0.05, 0.1) is 12.7 Å². The van der Waals surface area contributed by atoms with E-state index in [4.69, 9.17) is 9.47 Å². The van der Waals surface area contributed by atoms with Gasteiger partial charge in [-0.3, -0.25) is 0 Å². The van der Waals surface area contributed by atoms with Gasteiger partial charge < -0.3 is 14.6 Å². The lowest BCUT2D eigenvalue weighted by Gasteiger charge is -2.29. The van der Waals surface area contributed by atoms with Gasteiger partial charge in [0.2, 0.25) is 0 Å². The highest BCUT2D eigenvalue weighted by Crippen LogP contribution is 2.37. The molecule has 0 radical (unpaired) electrons. The van der Waals surface area contributed by atoms with Crippen molar-refractivity contribution in [2.45, 2.75) is 32.8 Å². The van der Waals surface area contributed by atoms with Crippen molar-refractivity contribution in [2.75, 3.05) is 26.4 Å². The Bertz CT molecular complexity index is 149. The summed E-state index contributed by atoms with van der Waals surface area (Å²) in [7, 11) is 0. The molecular weight excluding hydrogens is 168 g/mol. The van der Waals surface area contributed by atoms with E-state index in [-0.39, 0.29) is 18.1 Å². The predicted molar refractivity (Wildman–Crippen MR) is 50.7 cm³/mol. The zero-order chi connectivity index (χ0) is 9.73. The third-order valence-electron chi connectivity index (χ3n) is 3.09. The van der Waals surface area contributed by atoms with E-state index in [0.717, 1.165) is 32.7 Å². The number of hydrogen-bond donors (Lipinski definition) is 1. The highest BCUT2D eigenvalue weighted by atomic mass is 16.5. The maximum Gasteiger partial charge on any atom is 0.0626 e. The van der Waals surface area contributed by atoms with Crippen LogP contribution in [-0.2, 0) is 9.47 Å². The fraction of sp³-hybridized carbons (Fsp3) is 1.00. The van der Waals surface area contributed by atoms with Crippen LogP contribution in [0.4, 0.5) is 0 Å². The second-order valence-electron chi connectivity index (χ2n) is 3.73. The Kier molecular flexibility index (Phi) is 4.16. The molecular formula is C10H20O3. The maximum atomic E-state index is 9.35. The van der Waals surface area contributed by atoms with Crippen molar-refractivity contribution in [3.63, 3.8) is 0 Å². The largest absolute Gasteiger partial charge is 0.396 e. The fourth-order valence-corrected chi connectivity index (χ4v) is 1.85. The van der Waals surface area contributed by atoms with Crippen LogP contribution < -0.4 is 0 Å². The van der Waals surface area contributed by atoms with Crippen LogP contribution in [0.2, 0.25) is 0 Å². The first kappa shape index (κ1) is 11.0. The van der Waals surface area contributed by atoms with E-state index in [1.54, 1.807) is 0 Å². The molecule has 0 aliphatic carbocycles. The highest BCUT2D eigenvalue weighted by molar-refractivity contribution is 4.88. The molecule has 0 aromatic heterocycles. The smallest absolute Gasteiger partial charge is 0.0626 e. The summed E-state index contributed by atoms with van der Waals surface area (Å²) >= 11 is 0. The Labute approximate surface area is 80.0 Å². The quantitative estimate of drug-likeness (QED) is 0.659. The van der Waals surface area contributed by atoms with Gasteiger partial charge >= 0.3 is 0 Å². The van der Waals surface area contributed by atoms with Crippen LogP contribution in [0.25, 0.3) is 0 Å². The van der Waals surface area contributed by atoms with Crippen LogP contribution in [-0.4, -0.2) is 37.6 Å². The first-order valence-electron chi connectivity index (χ1n) is 5.05. The van der Waals surface area contributed by atoms with Gasteiger partial charge in [0, 0.05) is 25.2 Å². The molecule has 1 aliphatic rings. The Morgan fingerprint density at radius 2 is 2.38 bits per heavy atom. The van der Waals surface area contributed by atoms with Crippen molar-refractivity contribution >= 4 is 0 Å². The molecule has 13 heavy (non-hydrogen) atoms. The van der Waals surface area contributed by atoms with Crippen molar-refractivity contribution < 1.29 is 14.6 Å². The van der Waals surface area contributed by atoms with Crippen molar-refractivity contribution in [1.29, 1.82) is 0 Å². The summed E-state index contributed by atoms with van der Waals surface area (Å²) in [5, 5.41) is 9.35. The lowest BCUT2D eigenvalue weighted by Crippen LogP contribution is -2.34. The maximum absolute atomic E-state index is 9.35. The van der Waals surface area contributed by atoms with Gasteiger partial charge in [-0.25, -0.2) is 0 Å². The number of ether oxygens (including phenoxy) is 2. The molecule has 1 rings (SSSR count). The average molecular weight is 188 g/mol. The van der Waals surface area contributed by atoms with Gasteiger partial charge in [-0.05, 0) is 26.7 Å². The molecule has 2 atom stereocenters. The first-order valence-corrected chi connectivity index (χ1v) is 5.05. The monoisotopic (exact) mass is 188 g/mol. The van der Waals surface area contributed by atoms with E-state index >= 15 is 0 Å². The topological polar surface area (TPSA) is 38.7 Å². The third kappa shape index (κ3) is 2.42. The number of hydrogen-bond acceptors (Lipinski definition) is 3. The van der Waals surface area contributed by atoms with Crippen LogP contribution in [0, 0.1) is 5.41 Å². The standard InChI is InChI=1S/C10H20O3/c1-3-12-6-4-10(8-11)5-7-13-9(10)2/h9,11H,3-8H2,1-2H3. The Balaban J connectivity index is 2.39. The lowest BCUT2D eigenvalue weighted by molar-refractivity contribution is 0.00214. The molecule has 1 fully saturated rings. The Morgan fingerprint density at radius 1 is 1.62 bits per heavy atom. The molecule has 78 valence electrons. The van der Waals surface area contributed by atoms with E-state index in [2.05, 4.69) is 0 Å². The Hall–Kier alpha value is -0.120. The zero-order valence-electron chi connectivity index (χ0n) is 8.58. The number of aliphatic hydroxyl groups excluding tert-OH is 1. The summed E-state index contributed by atoms with van der Waals surface area (Å²) in [5.74, 6) is 0. The zero-order valence-corrected chi connectivity index (χ0v) is 8.58. The number of aliphatic hydroxyl groups is 1. The minimum absolute atomic E-state index is 0.0465. The van der Waals surface area contributed by atoms with Crippen molar-refractivity contribution in [3.05, 3.63) is 0 Å². The SMILES string of the molecule is CCOCCC1(CO)CCOC1C. The molecule has 1 aliphatic heterocycles. The van der Waals surface area contributed by atoms with Crippen molar-refractivity contribution in [3.8, 4) is 0 Å². The van der Waals surface area contributed by atoms with E-state index in [1.165, 1.54) is 0 Å². The molecule has 1 heterocycles. The van der Waals surface area contributed by atoms with E-state index < -0.39 is 0 Å².